The third kappa shape index (κ3) is 7.35. The lowest BCUT2D eigenvalue weighted by molar-refractivity contribution is -0.134. The van der Waals surface area contributed by atoms with Gasteiger partial charge in [-0.25, -0.2) is 22.9 Å². The molecule has 0 saturated heterocycles. The van der Waals surface area contributed by atoms with Gasteiger partial charge in [-0.3, -0.25) is 4.79 Å². The van der Waals surface area contributed by atoms with Crippen LogP contribution in [0, 0.1) is 5.82 Å². The fourth-order valence-corrected chi connectivity index (χ4v) is 4.05. The van der Waals surface area contributed by atoms with Gasteiger partial charge in [-0.15, -0.1) is 0 Å². The summed E-state index contributed by atoms with van der Waals surface area (Å²) in [5.74, 6) is -0.453. The van der Waals surface area contributed by atoms with Crippen LogP contribution >= 0.6 is 0 Å². The molecule has 0 unspecified atom stereocenters. The number of sulfonamides is 1. The molecule has 7 nitrogen and oxygen atoms in total. The number of carbonyl (C=O) groups excluding carboxylic acids is 1. The maximum Gasteiger partial charge on any atom is 0.311 e. The molecule has 0 radical (unpaired) electrons. The Balaban J connectivity index is 2.12. The minimum Gasteiger partial charge on any atom is -0.475 e. The van der Waals surface area contributed by atoms with Crippen molar-refractivity contribution in [3.05, 3.63) is 60.4 Å². The van der Waals surface area contributed by atoms with Gasteiger partial charge >= 0.3 is 5.97 Å². The molecule has 3 rings (SSSR count). The van der Waals surface area contributed by atoms with E-state index >= 15 is 0 Å². The Morgan fingerprint density at radius 3 is 2.19 bits per heavy atom. The van der Waals surface area contributed by atoms with Crippen molar-refractivity contribution in [2.45, 2.75) is 57.3 Å². The normalized spacial score (nSPS) is 11.3. The second-order valence-electron chi connectivity index (χ2n) is 8.40. The van der Waals surface area contributed by atoms with Crippen molar-refractivity contribution in [3.63, 3.8) is 0 Å². The first-order valence-electron chi connectivity index (χ1n) is 12.0. The number of hydrogen-bond acceptors (Lipinski definition) is 6. The first-order valence-corrected chi connectivity index (χ1v) is 13.5. The fourth-order valence-electron chi connectivity index (χ4n) is 3.53. The Morgan fingerprint density at radius 2 is 1.58 bits per heavy atom. The summed E-state index contributed by atoms with van der Waals surface area (Å²) in [4.78, 5) is 17.2. The molecule has 9 heteroatoms. The van der Waals surface area contributed by atoms with Crippen LogP contribution in [0.3, 0.4) is 0 Å². The van der Waals surface area contributed by atoms with E-state index in [1.807, 2.05) is 6.92 Å². The number of pyridine rings is 1. The summed E-state index contributed by atoms with van der Waals surface area (Å²) in [7, 11) is -3.87. The number of ether oxygens (including phenoxy) is 2. The Hall–Kier alpha value is -3.30. The molecular weight excluding hydrogens is 483 g/mol. The molecule has 1 heterocycles. The van der Waals surface area contributed by atoms with E-state index in [-0.39, 0.29) is 22.9 Å². The SMILES string of the molecule is CCCCCC(=O)Oc1cc(-c2ccc(S(N)(=O)=O)cc2)c(-c2ccc(F)cc2)nc1OCCCC. The highest BCUT2D eigenvalue weighted by molar-refractivity contribution is 7.89. The van der Waals surface area contributed by atoms with Gasteiger partial charge in [0.15, 0.2) is 5.75 Å². The lowest BCUT2D eigenvalue weighted by Gasteiger charge is -2.16. The summed E-state index contributed by atoms with van der Waals surface area (Å²) in [6.07, 6.45) is 4.56. The first-order chi connectivity index (χ1) is 17.2. The molecule has 36 heavy (non-hydrogen) atoms. The average molecular weight is 515 g/mol. The van der Waals surface area contributed by atoms with Crippen LogP contribution in [0.15, 0.2) is 59.5 Å². The van der Waals surface area contributed by atoms with Gasteiger partial charge in [-0.2, -0.15) is 0 Å². The number of aromatic nitrogens is 1. The van der Waals surface area contributed by atoms with Crippen molar-refractivity contribution in [2.75, 3.05) is 6.61 Å². The zero-order valence-corrected chi connectivity index (χ0v) is 21.3. The Morgan fingerprint density at radius 1 is 0.944 bits per heavy atom. The quantitative estimate of drug-likeness (QED) is 0.239. The zero-order chi connectivity index (χ0) is 26.1. The van der Waals surface area contributed by atoms with Crippen molar-refractivity contribution in [3.8, 4) is 34.0 Å². The first kappa shape index (κ1) is 27.3. The van der Waals surface area contributed by atoms with Gasteiger partial charge in [-0.05, 0) is 60.9 Å². The number of hydrogen-bond donors (Lipinski definition) is 1. The molecule has 0 bridgehead atoms. The van der Waals surface area contributed by atoms with Gasteiger partial charge in [-0.1, -0.05) is 45.2 Å². The topological polar surface area (TPSA) is 109 Å². The molecule has 192 valence electrons. The molecule has 0 fully saturated rings. The van der Waals surface area contributed by atoms with E-state index in [4.69, 9.17) is 14.6 Å². The molecule has 0 aliphatic carbocycles. The molecule has 0 atom stereocenters. The van der Waals surface area contributed by atoms with Crippen molar-refractivity contribution in [2.24, 2.45) is 5.14 Å². The molecule has 1 aromatic heterocycles. The zero-order valence-electron chi connectivity index (χ0n) is 20.5. The summed E-state index contributed by atoms with van der Waals surface area (Å²) in [6.45, 7) is 4.47. The summed E-state index contributed by atoms with van der Waals surface area (Å²) >= 11 is 0. The lowest BCUT2D eigenvalue weighted by Crippen LogP contribution is -2.12. The van der Waals surface area contributed by atoms with E-state index < -0.39 is 21.8 Å². The van der Waals surface area contributed by atoms with Crippen molar-refractivity contribution < 1.29 is 27.1 Å². The monoisotopic (exact) mass is 514 g/mol. The van der Waals surface area contributed by atoms with Crippen LogP contribution in [0.4, 0.5) is 4.39 Å². The second-order valence-corrected chi connectivity index (χ2v) is 9.96. The summed E-state index contributed by atoms with van der Waals surface area (Å²) in [5.41, 5.74) is 2.25. The number of rotatable bonds is 12. The summed E-state index contributed by atoms with van der Waals surface area (Å²) in [5, 5.41) is 5.24. The van der Waals surface area contributed by atoms with Crippen LogP contribution in [-0.4, -0.2) is 26.0 Å². The van der Waals surface area contributed by atoms with Gasteiger partial charge in [0.05, 0.1) is 17.2 Å². The van der Waals surface area contributed by atoms with Crippen LogP contribution < -0.4 is 14.6 Å². The van der Waals surface area contributed by atoms with Crippen molar-refractivity contribution in [1.29, 1.82) is 0 Å². The molecule has 2 aromatic carbocycles. The minimum absolute atomic E-state index is 0.0374. The molecule has 0 spiro atoms. The Bertz CT molecular complexity index is 1280. The standard InChI is InChI=1S/C27H31FN2O5S/c1-3-5-7-8-25(31)35-24-18-23(19-11-15-22(16-12-19)36(29,32)33)26(20-9-13-21(28)14-10-20)30-27(24)34-17-6-4-2/h9-16,18H,3-8,17H2,1-2H3,(H2,29,32,33). The predicted octanol–water partition coefficient (Wildman–Crippen LogP) is 5.87. The number of nitrogens with two attached hydrogens (primary N) is 1. The van der Waals surface area contributed by atoms with E-state index in [2.05, 4.69) is 11.9 Å². The molecular formula is C27H31FN2O5S. The largest absolute Gasteiger partial charge is 0.475 e. The lowest BCUT2D eigenvalue weighted by atomic mass is 9.99. The number of unbranched alkanes of at least 4 members (excludes halogenated alkanes) is 3. The van der Waals surface area contributed by atoms with E-state index in [0.717, 1.165) is 25.7 Å². The Labute approximate surface area is 211 Å². The van der Waals surface area contributed by atoms with Crippen LogP contribution in [0.1, 0.15) is 52.4 Å². The molecule has 0 saturated carbocycles. The third-order valence-corrected chi connectivity index (χ3v) is 6.44. The van der Waals surface area contributed by atoms with Crippen molar-refractivity contribution >= 4 is 16.0 Å². The van der Waals surface area contributed by atoms with E-state index in [1.165, 1.54) is 24.3 Å². The summed E-state index contributed by atoms with van der Waals surface area (Å²) < 4.78 is 48.6. The van der Waals surface area contributed by atoms with E-state index in [0.29, 0.717) is 35.4 Å². The smallest absolute Gasteiger partial charge is 0.311 e. The molecule has 0 aliphatic rings. The molecule has 0 amide bonds. The number of primary sulfonamides is 1. The minimum atomic E-state index is -3.87. The number of carbonyl (C=O) groups is 1. The van der Waals surface area contributed by atoms with Gasteiger partial charge in [0.25, 0.3) is 5.88 Å². The number of benzene rings is 2. The predicted molar refractivity (Wildman–Crippen MR) is 137 cm³/mol. The fraction of sp³-hybridized carbons (Fsp3) is 0.333. The van der Waals surface area contributed by atoms with E-state index in [9.17, 15) is 17.6 Å². The maximum atomic E-state index is 13.6. The van der Waals surface area contributed by atoms with Crippen LogP contribution in [0.2, 0.25) is 0 Å². The maximum absolute atomic E-state index is 13.6. The Kier molecular flexibility index (Phi) is 9.55. The molecule has 0 aliphatic heterocycles. The van der Waals surface area contributed by atoms with E-state index in [1.54, 1.807) is 30.3 Å². The van der Waals surface area contributed by atoms with Gasteiger partial charge in [0, 0.05) is 17.5 Å². The third-order valence-electron chi connectivity index (χ3n) is 5.51. The highest BCUT2D eigenvalue weighted by atomic mass is 32.2. The van der Waals surface area contributed by atoms with Crippen LogP contribution in [0.25, 0.3) is 22.4 Å². The van der Waals surface area contributed by atoms with Gasteiger partial charge in [0.1, 0.15) is 5.82 Å². The highest BCUT2D eigenvalue weighted by Crippen LogP contribution is 2.39. The van der Waals surface area contributed by atoms with Crippen molar-refractivity contribution in [1.82, 2.24) is 4.98 Å². The van der Waals surface area contributed by atoms with Gasteiger partial charge < -0.3 is 9.47 Å². The average Bonchev–Trinajstić information content (AvgIpc) is 2.85. The number of halogens is 1. The molecule has 3 aromatic rings. The van der Waals surface area contributed by atoms with Crippen LogP contribution in [0.5, 0.6) is 11.6 Å². The summed E-state index contributed by atoms with van der Waals surface area (Å²) in [6, 6.07) is 13.4. The number of nitrogens with zero attached hydrogens (tertiary/aromatic N) is 1. The molecule has 2 N–H and O–H groups in total. The number of esters is 1. The second kappa shape index (κ2) is 12.6. The van der Waals surface area contributed by atoms with Gasteiger partial charge in [0.2, 0.25) is 10.0 Å². The highest BCUT2D eigenvalue weighted by Gasteiger charge is 2.20. The van der Waals surface area contributed by atoms with Crippen LogP contribution in [-0.2, 0) is 14.8 Å².